The van der Waals surface area contributed by atoms with Gasteiger partial charge in [-0.3, -0.25) is 0 Å². The number of methoxy groups -OCH3 is 1. The van der Waals surface area contributed by atoms with E-state index in [1.165, 1.54) is 13.2 Å². The van der Waals surface area contributed by atoms with E-state index in [0.717, 1.165) is 22.6 Å². The number of halogens is 4. The molecular formula is C9H7F3INO. The third kappa shape index (κ3) is 3.37. The van der Waals surface area contributed by atoms with Gasteiger partial charge < -0.3 is 4.74 Å². The average molecular weight is 329 g/mol. The molecule has 0 aromatic heterocycles. The van der Waals surface area contributed by atoms with E-state index in [0.29, 0.717) is 5.75 Å². The second-order valence-electron chi connectivity index (χ2n) is 2.57. The number of ether oxygens (including phenoxy) is 1. The monoisotopic (exact) mass is 329 g/mol. The van der Waals surface area contributed by atoms with Crippen LogP contribution in [0.3, 0.4) is 0 Å². The summed E-state index contributed by atoms with van der Waals surface area (Å²) in [5.41, 5.74) is 0.168. The maximum Gasteiger partial charge on any atom is 0.439 e. The van der Waals surface area contributed by atoms with Crippen molar-refractivity contribution >= 4 is 32.0 Å². The van der Waals surface area contributed by atoms with Gasteiger partial charge in [-0.05, 0) is 34.7 Å². The predicted molar refractivity (Wildman–Crippen MR) is 60.2 cm³/mol. The molecular weight excluding hydrogens is 322 g/mol. The highest BCUT2D eigenvalue weighted by atomic mass is 127. The molecule has 82 valence electrons. The summed E-state index contributed by atoms with van der Waals surface area (Å²) in [5, 5.41) is 0. The molecule has 0 saturated carbocycles. The standard InChI is InChI=1S/C9H7F3INO/c1-15-7-5-3-2-4-6(7)14-8(13)9(10,11)12/h2-5H,1H3. The summed E-state index contributed by atoms with van der Waals surface area (Å²) in [6.07, 6.45) is -4.42. The molecule has 0 N–H and O–H groups in total. The maximum atomic E-state index is 12.2. The number of rotatable bonds is 2. The Balaban J connectivity index is 3.08. The molecule has 0 aliphatic rings. The molecule has 0 aliphatic carbocycles. The lowest BCUT2D eigenvalue weighted by molar-refractivity contribution is -0.0544. The number of nitrogens with zero attached hydrogens (tertiary/aromatic N) is 1. The number of para-hydroxylation sites is 2. The van der Waals surface area contributed by atoms with Crippen molar-refractivity contribution in [3.8, 4) is 5.75 Å². The molecule has 15 heavy (non-hydrogen) atoms. The van der Waals surface area contributed by atoms with Crippen LogP contribution < -0.4 is 4.74 Å². The molecule has 0 saturated heterocycles. The van der Waals surface area contributed by atoms with Crippen molar-refractivity contribution in [1.29, 1.82) is 0 Å². The van der Waals surface area contributed by atoms with Crippen molar-refractivity contribution in [3.63, 3.8) is 0 Å². The first kappa shape index (κ1) is 12.3. The minimum absolute atomic E-state index is 0.168. The maximum absolute atomic E-state index is 12.2. The molecule has 2 nitrogen and oxygen atoms in total. The Labute approximate surface area is 98.3 Å². The summed E-state index contributed by atoms with van der Waals surface area (Å²) in [6.45, 7) is 0. The Morgan fingerprint density at radius 3 is 2.47 bits per heavy atom. The van der Waals surface area contributed by atoms with Crippen molar-refractivity contribution in [2.45, 2.75) is 6.18 Å². The van der Waals surface area contributed by atoms with Crippen molar-refractivity contribution in [2.75, 3.05) is 7.11 Å². The van der Waals surface area contributed by atoms with Crippen LogP contribution in [0.4, 0.5) is 18.9 Å². The van der Waals surface area contributed by atoms with Crippen LogP contribution in [0.25, 0.3) is 0 Å². The molecule has 0 aliphatic heterocycles. The Morgan fingerprint density at radius 1 is 1.33 bits per heavy atom. The van der Waals surface area contributed by atoms with Gasteiger partial charge in [0.2, 0.25) is 0 Å². The second kappa shape index (κ2) is 4.82. The van der Waals surface area contributed by atoms with Crippen LogP contribution >= 0.6 is 22.6 Å². The smallest absolute Gasteiger partial charge is 0.439 e. The number of hydrogen-bond donors (Lipinski definition) is 0. The lowest BCUT2D eigenvalue weighted by Crippen LogP contribution is -2.16. The van der Waals surface area contributed by atoms with Gasteiger partial charge in [-0.25, -0.2) is 4.99 Å². The van der Waals surface area contributed by atoms with E-state index in [2.05, 4.69) is 4.99 Å². The van der Waals surface area contributed by atoms with Gasteiger partial charge in [0.25, 0.3) is 0 Å². The zero-order valence-corrected chi connectivity index (χ0v) is 9.83. The van der Waals surface area contributed by atoms with E-state index in [1.807, 2.05) is 0 Å². The van der Waals surface area contributed by atoms with Crippen LogP contribution in [0, 0.1) is 0 Å². The minimum atomic E-state index is -4.42. The van der Waals surface area contributed by atoms with E-state index in [-0.39, 0.29) is 5.69 Å². The van der Waals surface area contributed by atoms with E-state index in [1.54, 1.807) is 18.2 Å². The fraction of sp³-hybridized carbons (Fsp3) is 0.222. The van der Waals surface area contributed by atoms with Gasteiger partial charge >= 0.3 is 6.18 Å². The fourth-order valence-electron chi connectivity index (χ4n) is 0.891. The van der Waals surface area contributed by atoms with Gasteiger partial charge in [-0.15, -0.1) is 0 Å². The Hall–Kier alpha value is -0.790. The van der Waals surface area contributed by atoms with Gasteiger partial charge in [0.15, 0.2) is 3.72 Å². The Kier molecular flexibility index (Phi) is 3.95. The molecule has 1 rings (SSSR count). The van der Waals surface area contributed by atoms with E-state index in [4.69, 9.17) is 4.74 Å². The van der Waals surface area contributed by atoms with E-state index >= 15 is 0 Å². The SMILES string of the molecule is COc1ccccc1N=C(I)C(F)(F)F. The number of alkyl halides is 3. The van der Waals surface area contributed by atoms with E-state index in [9.17, 15) is 13.2 Å². The topological polar surface area (TPSA) is 21.6 Å². The van der Waals surface area contributed by atoms with Gasteiger partial charge in [-0.1, -0.05) is 12.1 Å². The van der Waals surface area contributed by atoms with Gasteiger partial charge in [0, 0.05) is 0 Å². The third-order valence-electron chi connectivity index (χ3n) is 1.54. The van der Waals surface area contributed by atoms with Crippen molar-refractivity contribution in [1.82, 2.24) is 0 Å². The highest BCUT2D eigenvalue weighted by molar-refractivity contribution is 14.1. The summed E-state index contributed by atoms with van der Waals surface area (Å²) in [4.78, 5) is 3.45. The number of aliphatic imine (C=N–C) groups is 1. The molecule has 0 atom stereocenters. The lowest BCUT2D eigenvalue weighted by Gasteiger charge is -2.06. The zero-order chi connectivity index (χ0) is 11.5. The Morgan fingerprint density at radius 2 is 1.93 bits per heavy atom. The molecule has 0 heterocycles. The average Bonchev–Trinajstić information content (AvgIpc) is 2.17. The van der Waals surface area contributed by atoms with Gasteiger partial charge in [0.05, 0.1) is 7.11 Å². The molecule has 0 unspecified atom stereocenters. The Bertz CT molecular complexity index is 376. The molecule has 6 heteroatoms. The quantitative estimate of drug-likeness (QED) is 0.599. The van der Waals surface area contributed by atoms with Gasteiger partial charge in [0.1, 0.15) is 11.4 Å². The molecule has 0 radical (unpaired) electrons. The molecule has 0 bridgehead atoms. The molecule has 1 aromatic rings. The number of benzene rings is 1. The largest absolute Gasteiger partial charge is 0.494 e. The lowest BCUT2D eigenvalue weighted by atomic mass is 10.3. The first-order valence-electron chi connectivity index (χ1n) is 3.89. The van der Waals surface area contributed by atoms with Crippen LogP contribution in [-0.4, -0.2) is 17.0 Å². The van der Waals surface area contributed by atoms with Gasteiger partial charge in [-0.2, -0.15) is 13.2 Å². The first-order valence-corrected chi connectivity index (χ1v) is 4.97. The third-order valence-corrected chi connectivity index (χ3v) is 2.39. The minimum Gasteiger partial charge on any atom is -0.494 e. The molecule has 0 spiro atoms. The van der Waals surface area contributed by atoms with Crippen molar-refractivity contribution < 1.29 is 17.9 Å². The highest BCUT2D eigenvalue weighted by Gasteiger charge is 2.33. The van der Waals surface area contributed by atoms with E-state index < -0.39 is 9.89 Å². The first-order chi connectivity index (χ1) is 6.95. The number of hydrogen-bond acceptors (Lipinski definition) is 2. The van der Waals surface area contributed by atoms with Crippen molar-refractivity contribution in [3.05, 3.63) is 24.3 Å². The molecule has 1 aromatic carbocycles. The summed E-state index contributed by atoms with van der Waals surface area (Å²) in [6, 6.07) is 6.28. The summed E-state index contributed by atoms with van der Waals surface area (Å²) in [7, 11) is 1.38. The van der Waals surface area contributed by atoms with Crippen LogP contribution in [0.15, 0.2) is 29.3 Å². The fourth-order valence-corrected chi connectivity index (χ4v) is 1.15. The van der Waals surface area contributed by atoms with Crippen LogP contribution in [0.5, 0.6) is 5.75 Å². The molecule has 0 fully saturated rings. The van der Waals surface area contributed by atoms with Crippen molar-refractivity contribution in [2.24, 2.45) is 4.99 Å². The summed E-state index contributed by atoms with van der Waals surface area (Å²) >= 11 is 1.15. The zero-order valence-electron chi connectivity index (χ0n) is 7.68. The summed E-state index contributed by atoms with van der Waals surface area (Å²) < 4.78 is 40.5. The van der Waals surface area contributed by atoms with Crippen LogP contribution in [-0.2, 0) is 0 Å². The second-order valence-corrected chi connectivity index (χ2v) is 3.59. The van der Waals surface area contributed by atoms with Crippen LogP contribution in [0.2, 0.25) is 0 Å². The summed E-state index contributed by atoms with van der Waals surface area (Å²) in [5.74, 6) is 0.316. The highest BCUT2D eigenvalue weighted by Crippen LogP contribution is 2.30. The molecule has 0 amide bonds. The normalized spacial score (nSPS) is 12.7. The van der Waals surface area contributed by atoms with Crippen LogP contribution in [0.1, 0.15) is 0 Å². The predicted octanol–water partition coefficient (Wildman–Crippen LogP) is 3.72.